The summed E-state index contributed by atoms with van der Waals surface area (Å²) in [5, 5.41) is 3.39. The van der Waals surface area contributed by atoms with Gasteiger partial charge in [-0.05, 0) is 36.5 Å². The first-order valence-corrected chi connectivity index (χ1v) is 7.03. The molecule has 2 rings (SSSR count). The van der Waals surface area contributed by atoms with Crippen LogP contribution in [0.15, 0.2) is 0 Å². The van der Waals surface area contributed by atoms with Gasteiger partial charge in [0.15, 0.2) is 0 Å². The zero-order valence-corrected chi connectivity index (χ0v) is 11.2. The molecule has 0 bridgehead atoms. The predicted molar refractivity (Wildman–Crippen MR) is 69.4 cm³/mol. The van der Waals surface area contributed by atoms with Crippen molar-refractivity contribution in [3.8, 4) is 0 Å². The Morgan fingerprint density at radius 2 is 2.29 bits per heavy atom. The Hall–Kier alpha value is -0.570. The lowest BCUT2D eigenvalue weighted by atomic mass is 9.63. The average Bonchev–Trinajstić information content (AvgIpc) is 2.60. The largest absolute Gasteiger partial charge is 0.369 e. The summed E-state index contributed by atoms with van der Waals surface area (Å²) < 4.78 is 0. The van der Waals surface area contributed by atoms with Crippen molar-refractivity contribution in [2.75, 3.05) is 13.1 Å². The molecule has 3 unspecified atom stereocenters. The zero-order chi connectivity index (χ0) is 12.5. The number of carbonyl (C=O) groups is 1. The van der Waals surface area contributed by atoms with Crippen LogP contribution in [0.1, 0.15) is 46.0 Å². The fourth-order valence-electron chi connectivity index (χ4n) is 4.07. The van der Waals surface area contributed by atoms with Gasteiger partial charge >= 0.3 is 0 Å². The number of hydrogen-bond donors (Lipinski definition) is 2. The normalized spacial score (nSPS) is 37.8. The van der Waals surface area contributed by atoms with Gasteiger partial charge in [0.05, 0.1) is 5.92 Å². The predicted octanol–water partition coefficient (Wildman–Crippen LogP) is 1.91. The number of hydrogen-bond acceptors (Lipinski definition) is 2. The summed E-state index contributed by atoms with van der Waals surface area (Å²) in [6.07, 6.45) is 6.29. The van der Waals surface area contributed by atoms with Gasteiger partial charge in [0.25, 0.3) is 0 Å². The van der Waals surface area contributed by atoms with Crippen LogP contribution in [-0.2, 0) is 4.79 Å². The van der Waals surface area contributed by atoms with Crippen LogP contribution in [0.4, 0.5) is 0 Å². The first-order valence-electron chi connectivity index (χ1n) is 7.03. The lowest BCUT2D eigenvalue weighted by Crippen LogP contribution is -2.42. The second-order valence-corrected chi connectivity index (χ2v) is 6.54. The summed E-state index contributed by atoms with van der Waals surface area (Å²) in [6, 6.07) is 0. The topological polar surface area (TPSA) is 55.1 Å². The Labute approximate surface area is 105 Å². The minimum absolute atomic E-state index is 0.0671. The van der Waals surface area contributed by atoms with Crippen molar-refractivity contribution in [1.29, 1.82) is 0 Å². The van der Waals surface area contributed by atoms with Gasteiger partial charge in [-0.15, -0.1) is 0 Å². The van der Waals surface area contributed by atoms with Gasteiger partial charge in [0.1, 0.15) is 0 Å². The molecule has 1 aliphatic heterocycles. The van der Waals surface area contributed by atoms with E-state index in [4.69, 9.17) is 5.73 Å². The summed E-state index contributed by atoms with van der Waals surface area (Å²) in [5.74, 6) is 1.53. The third kappa shape index (κ3) is 2.65. The first kappa shape index (κ1) is 12.9. The lowest BCUT2D eigenvalue weighted by Gasteiger charge is -2.41. The van der Waals surface area contributed by atoms with Crippen LogP contribution >= 0.6 is 0 Å². The van der Waals surface area contributed by atoms with Crippen molar-refractivity contribution < 1.29 is 4.79 Å². The van der Waals surface area contributed by atoms with Crippen molar-refractivity contribution in [2.24, 2.45) is 28.9 Å². The van der Waals surface area contributed by atoms with Crippen molar-refractivity contribution in [2.45, 2.75) is 46.0 Å². The number of nitrogens with one attached hydrogen (secondary N) is 1. The molecule has 3 heteroatoms. The summed E-state index contributed by atoms with van der Waals surface area (Å²) >= 11 is 0. The molecule has 1 spiro atoms. The molecule has 2 aliphatic rings. The minimum atomic E-state index is -0.0970. The Balaban J connectivity index is 2.06. The Morgan fingerprint density at radius 1 is 1.53 bits per heavy atom. The maximum atomic E-state index is 11.6. The molecule has 3 atom stereocenters. The SMILES string of the molecule is CC(C)CC1CCCC2(CNCC2C(N)=O)C1. The van der Waals surface area contributed by atoms with E-state index in [2.05, 4.69) is 19.2 Å². The van der Waals surface area contributed by atoms with E-state index in [9.17, 15) is 4.79 Å². The highest BCUT2D eigenvalue weighted by Gasteiger charge is 2.48. The lowest BCUT2D eigenvalue weighted by molar-refractivity contribution is -0.125. The van der Waals surface area contributed by atoms with E-state index in [-0.39, 0.29) is 17.2 Å². The van der Waals surface area contributed by atoms with Gasteiger partial charge in [-0.2, -0.15) is 0 Å². The van der Waals surface area contributed by atoms with Gasteiger partial charge in [0.2, 0.25) is 5.91 Å². The summed E-state index contributed by atoms with van der Waals surface area (Å²) in [5.41, 5.74) is 5.76. The number of rotatable bonds is 3. The van der Waals surface area contributed by atoms with Crippen LogP contribution < -0.4 is 11.1 Å². The molecule has 3 N–H and O–H groups in total. The standard InChI is InChI=1S/C14H26N2O/c1-10(2)6-11-4-3-5-14(7-11)9-16-8-12(14)13(15)17/h10-12,16H,3-9H2,1-2H3,(H2,15,17). The van der Waals surface area contributed by atoms with E-state index < -0.39 is 0 Å². The summed E-state index contributed by atoms with van der Waals surface area (Å²) in [4.78, 5) is 11.6. The minimum Gasteiger partial charge on any atom is -0.369 e. The van der Waals surface area contributed by atoms with Crippen LogP contribution in [0.2, 0.25) is 0 Å². The third-order valence-corrected chi connectivity index (χ3v) is 4.70. The number of amides is 1. The van der Waals surface area contributed by atoms with Crippen LogP contribution in [0.3, 0.4) is 0 Å². The first-order chi connectivity index (χ1) is 8.03. The van der Waals surface area contributed by atoms with Crippen LogP contribution in [0.5, 0.6) is 0 Å². The Kier molecular flexibility index (Phi) is 3.76. The molecule has 0 radical (unpaired) electrons. The smallest absolute Gasteiger partial charge is 0.222 e. The molecule has 0 aromatic carbocycles. The maximum Gasteiger partial charge on any atom is 0.222 e. The van der Waals surface area contributed by atoms with Gasteiger partial charge in [-0.1, -0.05) is 26.7 Å². The van der Waals surface area contributed by atoms with Crippen molar-refractivity contribution in [1.82, 2.24) is 5.32 Å². The Bertz CT molecular complexity index is 290. The quantitative estimate of drug-likeness (QED) is 0.789. The molecule has 1 heterocycles. The molecule has 98 valence electrons. The molecule has 1 saturated carbocycles. The van der Waals surface area contributed by atoms with E-state index in [1.54, 1.807) is 0 Å². The third-order valence-electron chi connectivity index (χ3n) is 4.70. The molecular formula is C14H26N2O. The van der Waals surface area contributed by atoms with E-state index in [0.717, 1.165) is 24.9 Å². The van der Waals surface area contributed by atoms with Gasteiger partial charge < -0.3 is 11.1 Å². The van der Waals surface area contributed by atoms with Gasteiger partial charge in [-0.3, -0.25) is 4.79 Å². The molecular weight excluding hydrogens is 212 g/mol. The second kappa shape index (κ2) is 4.97. The summed E-state index contributed by atoms with van der Waals surface area (Å²) in [7, 11) is 0. The maximum absolute atomic E-state index is 11.6. The molecule has 2 fully saturated rings. The highest BCUT2D eigenvalue weighted by Crippen LogP contribution is 2.48. The fourth-order valence-corrected chi connectivity index (χ4v) is 4.07. The highest BCUT2D eigenvalue weighted by atomic mass is 16.1. The molecule has 0 aromatic heterocycles. The Morgan fingerprint density at radius 3 is 2.94 bits per heavy atom. The van der Waals surface area contributed by atoms with Crippen molar-refractivity contribution in [3.63, 3.8) is 0 Å². The monoisotopic (exact) mass is 238 g/mol. The van der Waals surface area contributed by atoms with Gasteiger partial charge in [0, 0.05) is 13.1 Å². The number of nitrogens with two attached hydrogens (primary N) is 1. The van der Waals surface area contributed by atoms with Crippen LogP contribution in [-0.4, -0.2) is 19.0 Å². The van der Waals surface area contributed by atoms with Crippen LogP contribution in [0.25, 0.3) is 0 Å². The van der Waals surface area contributed by atoms with Crippen molar-refractivity contribution in [3.05, 3.63) is 0 Å². The zero-order valence-electron chi connectivity index (χ0n) is 11.2. The van der Waals surface area contributed by atoms with Gasteiger partial charge in [-0.25, -0.2) is 0 Å². The number of primary amides is 1. The molecule has 0 aromatic rings. The second-order valence-electron chi connectivity index (χ2n) is 6.54. The molecule has 3 nitrogen and oxygen atoms in total. The van der Waals surface area contributed by atoms with Crippen LogP contribution in [0, 0.1) is 23.2 Å². The number of carbonyl (C=O) groups excluding carboxylic acids is 1. The molecule has 1 amide bonds. The molecule has 1 saturated heterocycles. The van der Waals surface area contributed by atoms with E-state index in [0.29, 0.717) is 0 Å². The van der Waals surface area contributed by atoms with E-state index in [1.165, 1.54) is 32.1 Å². The molecule has 1 aliphatic carbocycles. The van der Waals surface area contributed by atoms with E-state index >= 15 is 0 Å². The summed E-state index contributed by atoms with van der Waals surface area (Å²) in [6.45, 7) is 6.37. The highest BCUT2D eigenvalue weighted by molar-refractivity contribution is 5.78. The molecule has 17 heavy (non-hydrogen) atoms. The fraction of sp³-hybridized carbons (Fsp3) is 0.929. The average molecular weight is 238 g/mol. The van der Waals surface area contributed by atoms with Crippen molar-refractivity contribution >= 4 is 5.91 Å². The van der Waals surface area contributed by atoms with E-state index in [1.807, 2.05) is 0 Å².